The number of amides is 1. The second-order valence-corrected chi connectivity index (χ2v) is 8.38. The summed E-state index contributed by atoms with van der Waals surface area (Å²) in [6.45, 7) is -0.198. The van der Waals surface area contributed by atoms with Crippen LogP contribution in [-0.2, 0) is 30.9 Å². The molecule has 0 spiro atoms. The van der Waals surface area contributed by atoms with E-state index < -0.39 is 28.5 Å². The van der Waals surface area contributed by atoms with Gasteiger partial charge in [0, 0.05) is 19.2 Å². The molecule has 0 aliphatic heterocycles. The van der Waals surface area contributed by atoms with E-state index in [-0.39, 0.29) is 37.4 Å². The van der Waals surface area contributed by atoms with Crippen LogP contribution in [0.1, 0.15) is 24.2 Å². The molecule has 11 heteroatoms. The molecule has 0 aliphatic rings. The van der Waals surface area contributed by atoms with E-state index in [9.17, 15) is 18.0 Å². The first-order chi connectivity index (χ1) is 15.9. The van der Waals surface area contributed by atoms with E-state index in [1.54, 1.807) is 12.1 Å². The van der Waals surface area contributed by atoms with Crippen molar-refractivity contribution in [2.75, 3.05) is 19.7 Å². The number of benzene rings is 1. The highest BCUT2D eigenvalue weighted by molar-refractivity contribution is 7.89. The van der Waals surface area contributed by atoms with Gasteiger partial charge in [-0.05, 0) is 35.9 Å². The topological polar surface area (TPSA) is 154 Å². The van der Waals surface area contributed by atoms with E-state index in [4.69, 9.17) is 19.7 Å². The Kier molecular flexibility index (Phi) is 9.83. The molecule has 10 nitrogen and oxygen atoms in total. The van der Waals surface area contributed by atoms with Crippen molar-refractivity contribution in [1.82, 2.24) is 9.62 Å². The third-order valence-electron chi connectivity index (χ3n) is 4.30. The van der Waals surface area contributed by atoms with Crippen molar-refractivity contribution in [3.8, 4) is 12.1 Å². The average molecular weight is 471 g/mol. The van der Waals surface area contributed by atoms with Gasteiger partial charge in [0.1, 0.15) is 5.76 Å². The van der Waals surface area contributed by atoms with Crippen LogP contribution in [0.3, 0.4) is 0 Å². The van der Waals surface area contributed by atoms with Gasteiger partial charge in [0.2, 0.25) is 10.0 Å². The van der Waals surface area contributed by atoms with Crippen LogP contribution >= 0.6 is 0 Å². The van der Waals surface area contributed by atoms with Crippen molar-refractivity contribution >= 4 is 28.0 Å². The molecule has 0 fully saturated rings. The van der Waals surface area contributed by atoms with Crippen molar-refractivity contribution in [3.63, 3.8) is 0 Å². The van der Waals surface area contributed by atoms with E-state index in [0.29, 0.717) is 11.3 Å². The predicted molar refractivity (Wildman–Crippen MR) is 116 cm³/mol. The fourth-order valence-electron chi connectivity index (χ4n) is 2.59. The molecule has 0 radical (unpaired) electrons. The van der Waals surface area contributed by atoms with Crippen LogP contribution in [0.4, 0.5) is 0 Å². The van der Waals surface area contributed by atoms with E-state index in [1.807, 2.05) is 12.1 Å². The number of nitriles is 2. The lowest BCUT2D eigenvalue weighted by Crippen LogP contribution is -2.36. The second kappa shape index (κ2) is 12.8. The summed E-state index contributed by atoms with van der Waals surface area (Å²) >= 11 is 0. The molecule has 1 aromatic carbocycles. The van der Waals surface area contributed by atoms with Crippen LogP contribution in [0.5, 0.6) is 0 Å². The summed E-state index contributed by atoms with van der Waals surface area (Å²) in [5.74, 6) is -0.784. The van der Waals surface area contributed by atoms with Gasteiger partial charge in [-0.3, -0.25) is 4.79 Å². The van der Waals surface area contributed by atoms with Gasteiger partial charge < -0.3 is 14.1 Å². The third-order valence-corrected chi connectivity index (χ3v) is 5.71. The lowest BCUT2D eigenvalue weighted by atomic mass is 10.2. The summed E-state index contributed by atoms with van der Waals surface area (Å²) in [4.78, 5) is 25.4. The highest BCUT2D eigenvalue weighted by atomic mass is 32.2. The van der Waals surface area contributed by atoms with Crippen molar-refractivity contribution in [2.45, 2.75) is 24.3 Å². The molecule has 1 amide bonds. The molecule has 172 valence electrons. The lowest BCUT2D eigenvalue weighted by molar-refractivity contribution is -0.148. The maximum atomic E-state index is 12.3. The number of nitrogens with one attached hydrogen (secondary N) is 1. The van der Waals surface area contributed by atoms with Crippen molar-refractivity contribution < 1.29 is 27.2 Å². The summed E-state index contributed by atoms with van der Waals surface area (Å²) in [6, 6.07) is 13.0. The standard InChI is InChI=1S/C22H22N4O6S/c23-11-2-13-26(14-3-12-24)21(27)17-32-22(28)10-7-18-5-8-20(9-6-18)33(29,30)25-16-19-4-1-15-31-19/h1,4-10,15,25H,2-3,13-14,16-17H2/b10-7+. The third kappa shape index (κ3) is 8.61. The van der Waals surface area contributed by atoms with Gasteiger partial charge >= 0.3 is 5.97 Å². The minimum absolute atomic E-state index is 0.0198. The largest absolute Gasteiger partial charge is 0.468 e. The van der Waals surface area contributed by atoms with Gasteiger partial charge in [0.15, 0.2) is 6.61 Å². The highest BCUT2D eigenvalue weighted by Gasteiger charge is 2.15. The monoisotopic (exact) mass is 470 g/mol. The molecule has 1 aromatic heterocycles. The number of nitrogens with zero attached hydrogens (tertiary/aromatic N) is 3. The molecule has 1 heterocycles. The van der Waals surface area contributed by atoms with Crippen LogP contribution in [0.25, 0.3) is 6.08 Å². The smallest absolute Gasteiger partial charge is 0.331 e. The van der Waals surface area contributed by atoms with E-state index in [2.05, 4.69) is 4.72 Å². The normalized spacial score (nSPS) is 11.0. The number of sulfonamides is 1. The zero-order chi connectivity index (χ0) is 24.1. The summed E-state index contributed by atoms with van der Waals surface area (Å²) in [6.07, 6.45) is 4.19. The molecule has 1 N–H and O–H groups in total. The molecule has 0 saturated carbocycles. The number of esters is 1. The summed E-state index contributed by atoms with van der Waals surface area (Å²) in [5, 5.41) is 17.3. The summed E-state index contributed by atoms with van der Waals surface area (Å²) in [7, 11) is -3.73. The molecule has 2 rings (SSSR count). The molecule has 33 heavy (non-hydrogen) atoms. The molecule has 0 saturated heterocycles. The maximum absolute atomic E-state index is 12.3. The fraction of sp³-hybridized carbons (Fsp3) is 0.273. The fourth-order valence-corrected chi connectivity index (χ4v) is 3.58. The Bertz CT molecular complexity index is 1120. The Morgan fingerprint density at radius 3 is 2.33 bits per heavy atom. The molecule has 2 aromatic rings. The van der Waals surface area contributed by atoms with Crippen LogP contribution < -0.4 is 4.72 Å². The molecule has 0 aliphatic carbocycles. The Labute approximate surface area is 191 Å². The second-order valence-electron chi connectivity index (χ2n) is 6.61. The first-order valence-electron chi connectivity index (χ1n) is 9.84. The van der Waals surface area contributed by atoms with Crippen molar-refractivity contribution in [3.05, 3.63) is 60.1 Å². The van der Waals surface area contributed by atoms with Gasteiger partial charge in [0.25, 0.3) is 5.91 Å². The Hall–Kier alpha value is -3.93. The number of carbonyl (C=O) groups is 2. The molecule has 0 bridgehead atoms. The minimum Gasteiger partial charge on any atom is -0.468 e. The van der Waals surface area contributed by atoms with E-state index in [1.165, 1.54) is 41.5 Å². The minimum atomic E-state index is -3.73. The Balaban J connectivity index is 1.87. The maximum Gasteiger partial charge on any atom is 0.331 e. The van der Waals surface area contributed by atoms with Gasteiger partial charge in [0.05, 0.1) is 42.7 Å². The highest BCUT2D eigenvalue weighted by Crippen LogP contribution is 2.13. The van der Waals surface area contributed by atoms with Gasteiger partial charge in [-0.25, -0.2) is 17.9 Å². The van der Waals surface area contributed by atoms with Gasteiger partial charge in [-0.15, -0.1) is 0 Å². The molecular weight excluding hydrogens is 448 g/mol. The number of ether oxygens (including phenoxy) is 1. The van der Waals surface area contributed by atoms with Gasteiger partial charge in [-0.1, -0.05) is 12.1 Å². The quantitative estimate of drug-likeness (QED) is 0.365. The first-order valence-corrected chi connectivity index (χ1v) is 11.3. The van der Waals surface area contributed by atoms with Crippen LogP contribution in [-0.4, -0.2) is 44.9 Å². The van der Waals surface area contributed by atoms with Crippen LogP contribution in [0.15, 0.2) is 58.1 Å². The molecule has 0 unspecified atom stereocenters. The molecular formula is C22H22N4O6S. The number of hydrogen-bond donors (Lipinski definition) is 1. The predicted octanol–water partition coefficient (Wildman–Crippen LogP) is 1.97. The SMILES string of the molecule is N#CCCN(CCC#N)C(=O)COC(=O)/C=C/c1ccc(S(=O)(=O)NCc2ccco2)cc1. The van der Waals surface area contributed by atoms with Gasteiger partial charge in [-0.2, -0.15) is 10.5 Å². The Morgan fingerprint density at radius 2 is 1.76 bits per heavy atom. The lowest BCUT2D eigenvalue weighted by Gasteiger charge is -2.19. The van der Waals surface area contributed by atoms with Crippen molar-refractivity contribution in [2.24, 2.45) is 0 Å². The molecule has 0 atom stereocenters. The van der Waals surface area contributed by atoms with E-state index in [0.717, 1.165) is 6.08 Å². The Morgan fingerprint density at radius 1 is 1.09 bits per heavy atom. The number of rotatable bonds is 12. The number of hydrogen-bond acceptors (Lipinski definition) is 8. The van der Waals surface area contributed by atoms with E-state index >= 15 is 0 Å². The number of furan rings is 1. The first kappa shape index (κ1) is 25.3. The van der Waals surface area contributed by atoms with Crippen molar-refractivity contribution in [1.29, 1.82) is 10.5 Å². The average Bonchev–Trinajstić information content (AvgIpc) is 3.34. The zero-order valence-electron chi connectivity index (χ0n) is 17.6. The summed E-state index contributed by atoms with van der Waals surface area (Å²) < 4.78 is 37.1. The number of carbonyl (C=O) groups excluding carboxylic acids is 2. The summed E-state index contributed by atoms with van der Waals surface area (Å²) in [5.41, 5.74) is 0.549. The van der Waals surface area contributed by atoms with Crippen LogP contribution in [0, 0.1) is 22.7 Å². The van der Waals surface area contributed by atoms with Crippen LogP contribution in [0.2, 0.25) is 0 Å². The zero-order valence-corrected chi connectivity index (χ0v) is 18.5.